The minimum absolute atomic E-state index is 0.0435. The standard InChI is InChI=1S/C35H34F3N9O/c1-21-11-24(31-44-41-20-45(31)2)26(16-40-21)23-14-29(43-34(5-6-34)7-9-39)42-30(15-23)47-18-27-25(32(47)48)12-22(13-28(27)35(36,37)38)17-46-10-8-33(19-46)3-4-33/h11-16,20H,3-8,10,17-19H2,1-2H3,(H,42,43). The molecule has 0 bridgehead atoms. The molecule has 48 heavy (non-hydrogen) atoms. The van der Waals surface area contributed by atoms with Crippen molar-refractivity contribution in [2.45, 2.75) is 70.3 Å². The van der Waals surface area contributed by atoms with Crippen LogP contribution < -0.4 is 10.2 Å². The first-order valence-corrected chi connectivity index (χ1v) is 16.2. The minimum Gasteiger partial charge on any atom is -0.364 e. The summed E-state index contributed by atoms with van der Waals surface area (Å²) >= 11 is 0. The summed E-state index contributed by atoms with van der Waals surface area (Å²) in [6.45, 7) is 3.71. The van der Waals surface area contributed by atoms with E-state index in [9.17, 15) is 23.2 Å². The number of aryl methyl sites for hydroxylation is 2. The fourth-order valence-corrected chi connectivity index (χ4v) is 7.30. The van der Waals surface area contributed by atoms with E-state index in [0.29, 0.717) is 40.3 Å². The SMILES string of the molecule is Cc1cc(-c2nncn2C)c(-c2cc(NC3(CC#N)CC3)nc(N3Cc4c(cc(CN5CCC6(CC6)C5)cc4C(F)(F)F)C3=O)c2)cn1. The number of benzene rings is 1. The van der Waals surface area contributed by atoms with E-state index in [1.165, 1.54) is 23.8 Å². The third kappa shape index (κ3) is 5.47. The second kappa shape index (κ2) is 10.8. The molecule has 0 radical (unpaired) electrons. The Labute approximate surface area is 275 Å². The molecule has 1 spiro atoms. The minimum atomic E-state index is -4.63. The van der Waals surface area contributed by atoms with Crippen molar-refractivity contribution >= 4 is 17.5 Å². The Bertz CT molecular complexity index is 2010. The lowest BCUT2D eigenvalue weighted by Gasteiger charge is -2.21. The summed E-state index contributed by atoms with van der Waals surface area (Å²) in [7, 11) is 1.83. The maximum atomic E-state index is 14.6. The van der Waals surface area contributed by atoms with E-state index in [1.807, 2.05) is 26.1 Å². The molecule has 8 rings (SSSR count). The number of nitrogens with zero attached hydrogens (tertiary/aromatic N) is 8. The summed E-state index contributed by atoms with van der Waals surface area (Å²) in [5.41, 5.74) is 2.46. The smallest absolute Gasteiger partial charge is 0.364 e. The van der Waals surface area contributed by atoms with Crippen LogP contribution in [0.3, 0.4) is 0 Å². The normalized spacial score (nSPS) is 19.1. The molecule has 2 aliphatic heterocycles. The lowest BCUT2D eigenvalue weighted by molar-refractivity contribution is -0.138. The molecule has 2 aliphatic carbocycles. The van der Waals surface area contributed by atoms with Gasteiger partial charge in [0, 0.05) is 48.7 Å². The largest absolute Gasteiger partial charge is 0.416 e. The molecule has 3 fully saturated rings. The molecule has 13 heteroatoms. The van der Waals surface area contributed by atoms with E-state index in [0.717, 1.165) is 43.6 Å². The molecule has 10 nitrogen and oxygen atoms in total. The van der Waals surface area contributed by atoms with Crippen LogP contribution in [0.25, 0.3) is 22.5 Å². The highest BCUT2D eigenvalue weighted by molar-refractivity contribution is 6.10. The Morgan fingerprint density at radius 2 is 1.85 bits per heavy atom. The zero-order valence-electron chi connectivity index (χ0n) is 26.7. The first kappa shape index (κ1) is 30.5. The number of amides is 1. The van der Waals surface area contributed by atoms with Crippen LogP contribution in [-0.2, 0) is 26.3 Å². The number of nitrogens with one attached hydrogen (secondary N) is 1. The predicted molar refractivity (Wildman–Crippen MR) is 172 cm³/mol. The number of nitriles is 1. The zero-order chi connectivity index (χ0) is 33.4. The second-order valence-corrected chi connectivity index (χ2v) is 14.0. The summed E-state index contributed by atoms with van der Waals surface area (Å²) in [5.74, 6) is 0.701. The average molecular weight is 654 g/mol. The summed E-state index contributed by atoms with van der Waals surface area (Å²) in [5, 5.41) is 21.2. The van der Waals surface area contributed by atoms with Crippen LogP contribution in [0.5, 0.6) is 0 Å². The van der Waals surface area contributed by atoms with E-state index in [2.05, 4.69) is 31.5 Å². The van der Waals surface area contributed by atoms with Crippen molar-refractivity contribution in [1.29, 1.82) is 5.26 Å². The number of hydrogen-bond acceptors (Lipinski definition) is 8. The lowest BCUT2D eigenvalue weighted by Crippen LogP contribution is -2.26. The van der Waals surface area contributed by atoms with E-state index in [1.54, 1.807) is 29.2 Å². The number of halogens is 3. The molecule has 246 valence electrons. The van der Waals surface area contributed by atoms with Crippen molar-refractivity contribution in [3.05, 3.63) is 70.8 Å². The van der Waals surface area contributed by atoms with Crippen molar-refractivity contribution in [1.82, 2.24) is 29.6 Å². The molecule has 1 N–H and O–H groups in total. The quantitative estimate of drug-likeness (QED) is 0.237. The van der Waals surface area contributed by atoms with Crippen LogP contribution in [0.15, 0.2) is 42.9 Å². The maximum absolute atomic E-state index is 14.6. The molecule has 5 heterocycles. The first-order valence-electron chi connectivity index (χ1n) is 16.2. The number of aromatic nitrogens is 5. The first-order chi connectivity index (χ1) is 22.9. The van der Waals surface area contributed by atoms with E-state index >= 15 is 0 Å². The van der Waals surface area contributed by atoms with Gasteiger partial charge in [0.15, 0.2) is 5.82 Å². The number of rotatable bonds is 8. The van der Waals surface area contributed by atoms with Crippen LogP contribution in [0.2, 0.25) is 0 Å². The van der Waals surface area contributed by atoms with Crippen LogP contribution in [-0.4, -0.2) is 54.2 Å². The topological polar surface area (TPSA) is 116 Å². The number of likely N-dealkylation sites (tertiary alicyclic amines) is 1. The Morgan fingerprint density at radius 1 is 1.04 bits per heavy atom. The van der Waals surface area contributed by atoms with Crippen molar-refractivity contribution in [2.24, 2.45) is 12.5 Å². The molecule has 2 saturated carbocycles. The van der Waals surface area contributed by atoms with E-state index in [4.69, 9.17) is 4.98 Å². The second-order valence-electron chi connectivity index (χ2n) is 14.0. The van der Waals surface area contributed by atoms with E-state index in [-0.39, 0.29) is 29.9 Å². The number of carbonyl (C=O) groups is 1. The van der Waals surface area contributed by atoms with Gasteiger partial charge < -0.3 is 9.88 Å². The van der Waals surface area contributed by atoms with Crippen molar-refractivity contribution < 1.29 is 18.0 Å². The van der Waals surface area contributed by atoms with Gasteiger partial charge in [0.25, 0.3) is 5.91 Å². The van der Waals surface area contributed by atoms with Gasteiger partial charge in [-0.3, -0.25) is 19.6 Å². The molecule has 3 aromatic heterocycles. The summed E-state index contributed by atoms with van der Waals surface area (Å²) in [4.78, 5) is 26.9. The number of alkyl halides is 3. The number of fused-ring (bicyclic) bond motifs is 1. The van der Waals surface area contributed by atoms with Gasteiger partial charge in [-0.2, -0.15) is 18.4 Å². The van der Waals surface area contributed by atoms with Gasteiger partial charge in [0.2, 0.25) is 0 Å². The van der Waals surface area contributed by atoms with Gasteiger partial charge in [0.1, 0.15) is 18.0 Å². The lowest BCUT2D eigenvalue weighted by atomic mass is 9.98. The van der Waals surface area contributed by atoms with Gasteiger partial charge in [-0.15, -0.1) is 10.2 Å². The van der Waals surface area contributed by atoms with Crippen LogP contribution >= 0.6 is 0 Å². The molecule has 4 aromatic rings. The van der Waals surface area contributed by atoms with Gasteiger partial charge >= 0.3 is 6.18 Å². The van der Waals surface area contributed by atoms with Crippen LogP contribution in [0.1, 0.15) is 71.3 Å². The molecule has 1 aromatic carbocycles. The van der Waals surface area contributed by atoms with Crippen molar-refractivity contribution in [2.75, 3.05) is 23.3 Å². The Kier molecular flexibility index (Phi) is 6.89. The molecule has 4 aliphatic rings. The highest BCUT2D eigenvalue weighted by Crippen LogP contribution is 2.53. The van der Waals surface area contributed by atoms with Gasteiger partial charge in [0.05, 0.1) is 30.1 Å². The fourth-order valence-electron chi connectivity index (χ4n) is 7.30. The highest BCUT2D eigenvalue weighted by Gasteiger charge is 2.48. The maximum Gasteiger partial charge on any atom is 0.416 e. The Balaban J connectivity index is 1.20. The molecule has 0 unspecified atom stereocenters. The Hall–Kier alpha value is -4.83. The fraction of sp³-hybridized carbons (Fsp3) is 0.429. The van der Waals surface area contributed by atoms with Crippen molar-refractivity contribution in [3.63, 3.8) is 0 Å². The zero-order valence-corrected chi connectivity index (χ0v) is 26.7. The van der Waals surface area contributed by atoms with Gasteiger partial charge in [-0.25, -0.2) is 4.98 Å². The number of pyridine rings is 2. The monoisotopic (exact) mass is 653 g/mol. The Morgan fingerprint density at radius 3 is 2.52 bits per heavy atom. The summed E-state index contributed by atoms with van der Waals surface area (Å²) < 4.78 is 45.5. The van der Waals surface area contributed by atoms with Crippen LogP contribution in [0.4, 0.5) is 24.8 Å². The molecular weight excluding hydrogens is 619 g/mol. The molecule has 1 saturated heterocycles. The molecular formula is C35H34F3N9O. The number of hydrogen-bond donors (Lipinski definition) is 1. The van der Waals surface area contributed by atoms with Gasteiger partial charge in [-0.05, 0) is 98.0 Å². The third-order valence-electron chi connectivity index (χ3n) is 10.3. The number of anilines is 2. The molecule has 0 atom stereocenters. The van der Waals surface area contributed by atoms with E-state index < -0.39 is 23.2 Å². The number of carbonyl (C=O) groups excluding carboxylic acids is 1. The van der Waals surface area contributed by atoms with Crippen molar-refractivity contribution in [3.8, 4) is 28.6 Å². The predicted octanol–water partition coefficient (Wildman–Crippen LogP) is 6.27. The highest BCUT2D eigenvalue weighted by atomic mass is 19.4. The summed E-state index contributed by atoms with van der Waals surface area (Å²) in [6, 6.07) is 10.5. The third-order valence-corrected chi connectivity index (χ3v) is 10.3. The van der Waals surface area contributed by atoms with Crippen LogP contribution in [0, 0.1) is 23.7 Å². The molecule has 1 amide bonds. The summed E-state index contributed by atoms with van der Waals surface area (Å²) in [6.07, 6.45) is 3.93. The average Bonchev–Trinajstić information content (AvgIpc) is 3.83. The van der Waals surface area contributed by atoms with Gasteiger partial charge in [-0.1, -0.05) is 0 Å².